The minimum absolute atomic E-state index is 0.233. The van der Waals surface area contributed by atoms with Crippen molar-refractivity contribution in [2.24, 2.45) is 0 Å². The van der Waals surface area contributed by atoms with Crippen LogP contribution in [0.3, 0.4) is 0 Å². The first-order valence-electron chi connectivity index (χ1n) is 6.84. The monoisotopic (exact) mass is 288 g/mol. The minimum Gasteiger partial charge on any atom is -0.391 e. The lowest BCUT2D eigenvalue weighted by Crippen LogP contribution is -2.49. The van der Waals surface area contributed by atoms with Crippen LogP contribution in [0.2, 0.25) is 0 Å². The van der Waals surface area contributed by atoms with E-state index in [1.54, 1.807) is 24.3 Å². The van der Waals surface area contributed by atoms with Gasteiger partial charge < -0.3 is 20.1 Å². The Morgan fingerprint density at radius 2 is 2.10 bits per heavy atom. The molecule has 0 radical (unpaired) electrons. The highest BCUT2D eigenvalue weighted by molar-refractivity contribution is 6.06. The lowest BCUT2D eigenvalue weighted by atomic mass is 10.0. The molecule has 1 aromatic carbocycles. The van der Waals surface area contributed by atoms with E-state index in [-0.39, 0.29) is 18.1 Å². The van der Waals surface area contributed by atoms with Crippen molar-refractivity contribution in [1.82, 2.24) is 10.3 Å². The smallest absolute Gasteiger partial charge is 0.255 e. The molecule has 0 aliphatic carbocycles. The van der Waals surface area contributed by atoms with Gasteiger partial charge in [0, 0.05) is 23.6 Å². The van der Waals surface area contributed by atoms with Gasteiger partial charge in [0.05, 0.1) is 24.3 Å². The van der Waals surface area contributed by atoms with Crippen molar-refractivity contribution in [3.63, 3.8) is 0 Å². The van der Waals surface area contributed by atoms with Gasteiger partial charge in [-0.05, 0) is 12.5 Å². The summed E-state index contributed by atoms with van der Waals surface area (Å²) in [4.78, 5) is 26.7. The van der Waals surface area contributed by atoms with Gasteiger partial charge in [-0.25, -0.2) is 0 Å². The maximum atomic E-state index is 12.4. The molecule has 0 bridgehead atoms. The van der Waals surface area contributed by atoms with E-state index in [2.05, 4.69) is 10.3 Å². The van der Waals surface area contributed by atoms with Crippen molar-refractivity contribution in [2.75, 3.05) is 13.2 Å². The van der Waals surface area contributed by atoms with Crippen LogP contribution in [-0.2, 0) is 4.74 Å². The fraction of sp³-hybridized carbons (Fsp3) is 0.333. The number of rotatable bonds is 2. The number of aromatic nitrogens is 1. The number of carbonyl (C=O) groups is 1. The summed E-state index contributed by atoms with van der Waals surface area (Å²) >= 11 is 0. The second-order valence-electron chi connectivity index (χ2n) is 5.09. The maximum absolute atomic E-state index is 12.4. The standard InChI is InChI=1S/C15H16N2O4/c18-13-5-6-21-8-12(13)17-15(20)11-7-16-14(19)10-4-2-1-3-9(10)11/h1-4,7,12-13,18H,5-6,8H2,(H,16,19)(H,17,20)/t12-,13-/m1/s1. The summed E-state index contributed by atoms with van der Waals surface area (Å²) in [6.07, 6.45) is 1.28. The number of carbonyl (C=O) groups excluding carboxylic acids is 1. The van der Waals surface area contributed by atoms with Crippen molar-refractivity contribution < 1.29 is 14.6 Å². The largest absolute Gasteiger partial charge is 0.391 e. The van der Waals surface area contributed by atoms with Gasteiger partial charge in [-0.15, -0.1) is 0 Å². The highest BCUT2D eigenvalue weighted by Gasteiger charge is 2.26. The summed E-state index contributed by atoms with van der Waals surface area (Å²) in [6.45, 7) is 0.781. The van der Waals surface area contributed by atoms with E-state index in [1.807, 2.05) is 0 Å². The molecule has 2 heterocycles. The van der Waals surface area contributed by atoms with Crippen molar-refractivity contribution in [3.05, 3.63) is 46.4 Å². The van der Waals surface area contributed by atoms with E-state index >= 15 is 0 Å². The number of fused-ring (bicyclic) bond motifs is 1. The van der Waals surface area contributed by atoms with E-state index in [4.69, 9.17) is 4.74 Å². The summed E-state index contributed by atoms with van der Waals surface area (Å²) in [5.41, 5.74) is 0.145. The number of amides is 1. The Balaban J connectivity index is 1.91. The Hall–Kier alpha value is -2.18. The van der Waals surface area contributed by atoms with E-state index in [1.165, 1.54) is 6.20 Å². The van der Waals surface area contributed by atoms with E-state index in [9.17, 15) is 14.7 Å². The van der Waals surface area contributed by atoms with Gasteiger partial charge in [0.2, 0.25) is 0 Å². The summed E-state index contributed by atoms with van der Waals surface area (Å²) in [7, 11) is 0. The molecule has 6 heteroatoms. The molecule has 2 atom stereocenters. The van der Waals surface area contributed by atoms with Gasteiger partial charge in [-0.3, -0.25) is 9.59 Å². The molecular weight excluding hydrogens is 272 g/mol. The Bertz CT molecular complexity index is 725. The van der Waals surface area contributed by atoms with Crippen LogP contribution < -0.4 is 10.9 Å². The average Bonchev–Trinajstić information content (AvgIpc) is 2.50. The van der Waals surface area contributed by atoms with E-state index < -0.39 is 12.1 Å². The highest BCUT2D eigenvalue weighted by atomic mass is 16.5. The molecule has 3 N–H and O–H groups in total. The molecule has 6 nitrogen and oxygen atoms in total. The average molecular weight is 288 g/mol. The second-order valence-corrected chi connectivity index (χ2v) is 5.09. The fourth-order valence-corrected chi connectivity index (χ4v) is 2.51. The number of H-pyrrole nitrogens is 1. The first-order valence-corrected chi connectivity index (χ1v) is 6.84. The number of nitrogens with one attached hydrogen (secondary N) is 2. The fourth-order valence-electron chi connectivity index (χ4n) is 2.51. The minimum atomic E-state index is -0.614. The van der Waals surface area contributed by atoms with E-state index in [0.29, 0.717) is 29.4 Å². The first kappa shape index (κ1) is 13.8. The summed E-state index contributed by atoms with van der Waals surface area (Å²) in [5, 5.41) is 13.7. The van der Waals surface area contributed by atoms with Gasteiger partial charge >= 0.3 is 0 Å². The lowest BCUT2D eigenvalue weighted by Gasteiger charge is -2.28. The number of aromatic amines is 1. The molecule has 2 aromatic rings. The number of hydrogen-bond acceptors (Lipinski definition) is 4. The Kier molecular flexibility index (Phi) is 3.72. The molecule has 1 amide bonds. The molecule has 1 saturated heterocycles. The van der Waals surface area contributed by atoms with Gasteiger partial charge in [-0.1, -0.05) is 18.2 Å². The molecule has 0 spiro atoms. The van der Waals surface area contributed by atoms with Crippen LogP contribution >= 0.6 is 0 Å². The van der Waals surface area contributed by atoms with Crippen molar-refractivity contribution in [3.8, 4) is 0 Å². The third kappa shape index (κ3) is 2.68. The molecule has 1 fully saturated rings. The van der Waals surface area contributed by atoms with Gasteiger partial charge in [-0.2, -0.15) is 0 Å². The third-order valence-electron chi connectivity index (χ3n) is 3.69. The predicted octanol–water partition coefficient (Wildman–Crippen LogP) is 0.408. The van der Waals surface area contributed by atoms with Gasteiger partial charge in [0.25, 0.3) is 11.5 Å². The number of aliphatic hydroxyl groups excluding tert-OH is 1. The zero-order valence-electron chi connectivity index (χ0n) is 11.3. The SMILES string of the molecule is O=C(N[C@@H]1COCC[C@H]1O)c1c[nH]c(=O)c2ccccc12. The van der Waals surface area contributed by atoms with Gasteiger partial charge in [0.15, 0.2) is 0 Å². The molecule has 1 aliphatic heterocycles. The number of aliphatic hydroxyl groups is 1. The summed E-state index contributed by atoms with van der Waals surface area (Å²) < 4.78 is 5.26. The number of benzene rings is 1. The third-order valence-corrected chi connectivity index (χ3v) is 3.69. The molecule has 0 saturated carbocycles. The number of pyridine rings is 1. The molecular formula is C15H16N2O4. The first-order chi connectivity index (χ1) is 10.2. The lowest BCUT2D eigenvalue weighted by molar-refractivity contribution is -0.0139. The van der Waals surface area contributed by atoms with Crippen LogP contribution in [0, 0.1) is 0 Å². The maximum Gasteiger partial charge on any atom is 0.255 e. The predicted molar refractivity (Wildman–Crippen MR) is 77.3 cm³/mol. The molecule has 3 rings (SSSR count). The van der Waals surface area contributed by atoms with Crippen molar-refractivity contribution in [2.45, 2.75) is 18.6 Å². The second kappa shape index (κ2) is 5.67. The summed E-state index contributed by atoms with van der Waals surface area (Å²) in [5.74, 6) is -0.336. The van der Waals surface area contributed by atoms with Crippen molar-refractivity contribution >= 4 is 16.7 Å². The zero-order chi connectivity index (χ0) is 14.8. The molecule has 1 aromatic heterocycles. The molecule has 110 valence electrons. The molecule has 1 aliphatic rings. The Morgan fingerprint density at radius 3 is 2.86 bits per heavy atom. The number of ether oxygens (including phenoxy) is 1. The van der Waals surface area contributed by atoms with Crippen LogP contribution in [-0.4, -0.2) is 41.4 Å². The number of hydrogen-bond donors (Lipinski definition) is 3. The van der Waals surface area contributed by atoms with Crippen LogP contribution in [0.15, 0.2) is 35.3 Å². The van der Waals surface area contributed by atoms with Crippen LogP contribution in [0.4, 0.5) is 0 Å². The molecule has 21 heavy (non-hydrogen) atoms. The molecule has 0 unspecified atom stereocenters. The van der Waals surface area contributed by atoms with Crippen LogP contribution in [0.1, 0.15) is 16.8 Å². The topological polar surface area (TPSA) is 91.4 Å². The Labute approximate surface area is 120 Å². The van der Waals surface area contributed by atoms with E-state index in [0.717, 1.165) is 0 Å². The van der Waals surface area contributed by atoms with Crippen LogP contribution in [0.25, 0.3) is 10.8 Å². The van der Waals surface area contributed by atoms with Gasteiger partial charge in [0.1, 0.15) is 0 Å². The highest BCUT2D eigenvalue weighted by Crippen LogP contribution is 2.15. The normalized spacial score (nSPS) is 22.1. The Morgan fingerprint density at radius 1 is 1.33 bits per heavy atom. The van der Waals surface area contributed by atoms with Crippen LogP contribution in [0.5, 0.6) is 0 Å². The summed E-state index contributed by atoms with van der Waals surface area (Å²) in [6, 6.07) is 6.49. The zero-order valence-corrected chi connectivity index (χ0v) is 11.3. The van der Waals surface area contributed by atoms with Crippen molar-refractivity contribution in [1.29, 1.82) is 0 Å². The quantitative estimate of drug-likeness (QED) is 0.746.